The van der Waals surface area contributed by atoms with E-state index in [1.54, 1.807) is 19.1 Å². The van der Waals surface area contributed by atoms with Gasteiger partial charge in [-0.1, -0.05) is 11.6 Å². The summed E-state index contributed by atoms with van der Waals surface area (Å²) in [7, 11) is 0. The van der Waals surface area contributed by atoms with Crippen molar-refractivity contribution in [2.75, 3.05) is 5.73 Å². The second-order valence-electron chi connectivity index (χ2n) is 2.85. The lowest BCUT2D eigenvalue weighted by atomic mass is 10.3. The van der Waals surface area contributed by atoms with Gasteiger partial charge in [-0.05, 0) is 19.1 Å². The molecule has 1 aromatic rings. The van der Waals surface area contributed by atoms with Crippen molar-refractivity contribution in [3.05, 3.63) is 23.2 Å². The molecule has 0 radical (unpaired) electrons. The van der Waals surface area contributed by atoms with E-state index in [0.717, 1.165) is 0 Å². The van der Waals surface area contributed by atoms with E-state index >= 15 is 0 Å². The maximum absolute atomic E-state index is 10.7. The highest BCUT2D eigenvalue weighted by atomic mass is 35.5. The first-order valence-corrected chi connectivity index (χ1v) is 4.39. The van der Waals surface area contributed by atoms with Crippen molar-refractivity contribution >= 4 is 23.2 Å². The minimum atomic E-state index is -0.685. The molecule has 0 fully saturated rings. The fraction of sp³-hybridized carbons (Fsp3) is 0.222. The zero-order valence-electron chi connectivity index (χ0n) is 7.66. The summed E-state index contributed by atoms with van der Waals surface area (Å²) in [6.45, 7) is 1.56. The topological polar surface area (TPSA) is 78.3 Å². The average Bonchev–Trinajstić information content (AvgIpc) is 2.11. The second kappa shape index (κ2) is 4.19. The molecule has 0 aliphatic carbocycles. The zero-order valence-corrected chi connectivity index (χ0v) is 8.41. The molecule has 0 heterocycles. The van der Waals surface area contributed by atoms with Gasteiger partial charge in [0.25, 0.3) is 5.91 Å². The molecule has 76 valence electrons. The molecule has 1 amide bonds. The molecule has 5 heteroatoms. The van der Waals surface area contributed by atoms with Crippen LogP contribution in [-0.2, 0) is 4.79 Å². The third kappa shape index (κ3) is 2.53. The third-order valence-electron chi connectivity index (χ3n) is 1.69. The van der Waals surface area contributed by atoms with E-state index in [-0.39, 0.29) is 0 Å². The molecule has 0 aliphatic rings. The van der Waals surface area contributed by atoms with Crippen LogP contribution in [0.25, 0.3) is 0 Å². The van der Waals surface area contributed by atoms with E-state index in [0.29, 0.717) is 16.5 Å². The van der Waals surface area contributed by atoms with E-state index in [1.165, 1.54) is 6.07 Å². The lowest BCUT2D eigenvalue weighted by molar-refractivity contribution is -0.123. The fourth-order valence-corrected chi connectivity index (χ4v) is 1.01. The van der Waals surface area contributed by atoms with Crippen LogP contribution in [0, 0.1) is 0 Å². The van der Waals surface area contributed by atoms with Crippen molar-refractivity contribution in [3.63, 3.8) is 0 Å². The molecule has 0 saturated heterocycles. The van der Waals surface area contributed by atoms with Crippen LogP contribution in [0.1, 0.15) is 6.92 Å². The summed E-state index contributed by atoms with van der Waals surface area (Å²) in [4.78, 5) is 10.7. The van der Waals surface area contributed by atoms with Crippen LogP contribution in [0.3, 0.4) is 0 Å². The standard InChI is InChI=1S/C9H11ClN2O2/c1-5(9(12)13)14-6-2-3-8(11)7(10)4-6/h2-5H,11H2,1H3,(H2,12,13). The van der Waals surface area contributed by atoms with E-state index in [2.05, 4.69) is 0 Å². The van der Waals surface area contributed by atoms with Crippen LogP contribution in [0.4, 0.5) is 5.69 Å². The van der Waals surface area contributed by atoms with E-state index in [9.17, 15) is 4.79 Å². The first-order chi connectivity index (χ1) is 6.50. The summed E-state index contributed by atoms with van der Waals surface area (Å²) in [5, 5.41) is 0.388. The van der Waals surface area contributed by atoms with Crippen LogP contribution in [0.15, 0.2) is 18.2 Å². The Morgan fingerprint density at radius 1 is 1.57 bits per heavy atom. The molecule has 4 N–H and O–H groups in total. The number of carbonyl (C=O) groups excluding carboxylic acids is 1. The molecule has 1 unspecified atom stereocenters. The molecule has 0 spiro atoms. The monoisotopic (exact) mass is 214 g/mol. The summed E-state index contributed by atoms with van der Waals surface area (Å²) in [6.07, 6.45) is -0.685. The molecule has 0 saturated carbocycles. The van der Waals surface area contributed by atoms with E-state index < -0.39 is 12.0 Å². The van der Waals surface area contributed by atoms with Crippen molar-refractivity contribution in [1.82, 2.24) is 0 Å². The second-order valence-corrected chi connectivity index (χ2v) is 3.25. The predicted molar refractivity (Wildman–Crippen MR) is 55.1 cm³/mol. The van der Waals surface area contributed by atoms with E-state index in [4.69, 9.17) is 27.8 Å². The molecule has 0 aliphatic heterocycles. The highest BCUT2D eigenvalue weighted by molar-refractivity contribution is 6.33. The normalized spacial score (nSPS) is 12.1. The van der Waals surface area contributed by atoms with Crippen molar-refractivity contribution < 1.29 is 9.53 Å². The minimum Gasteiger partial charge on any atom is -0.481 e. The first-order valence-electron chi connectivity index (χ1n) is 4.01. The maximum Gasteiger partial charge on any atom is 0.258 e. The van der Waals surface area contributed by atoms with Gasteiger partial charge >= 0.3 is 0 Å². The zero-order chi connectivity index (χ0) is 10.7. The van der Waals surface area contributed by atoms with Crippen LogP contribution >= 0.6 is 11.6 Å². The molecule has 0 aromatic heterocycles. The first kappa shape index (κ1) is 10.7. The fourth-order valence-electron chi connectivity index (χ4n) is 0.843. The van der Waals surface area contributed by atoms with Gasteiger partial charge in [0, 0.05) is 6.07 Å². The number of rotatable bonds is 3. The van der Waals surface area contributed by atoms with Gasteiger partial charge < -0.3 is 16.2 Å². The number of carbonyl (C=O) groups is 1. The van der Waals surface area contributed by atoms with Gasteiger partial charge in [-0.3, -0.25) is 4.79 Å². The Kier molecular flexibility index (Phi) is 3.19. The van der Waals surface area contributed by atoms with Gasteiger partial charge in [0.05, 0.1) is 10.7 Å². The molecule has 0 bridgehead atoms. The third-order valence-corrected chi connectivity index (χ3v) is 2.01. The Labute approximate surface area is 86.8 Å². The molecule has 1 atom stereocenters. The van der Waals surface area contributed by atoms with Gasteiger partial charge in [-0.15, -0.1) is 0 Å². The van der Waals surface area contributed by atoms with Crippen molar-refractivity contribution in [3.8, 4) is 5.75 Å². The largest absolute Gasteiger partial charge is 0.481 e. The predicted octanol–water partition coefficient (Wildman–Crippen LogP) is 1.17. The Balaban J connectivity index is 2.78. The highest BCUT2D eigenvalue weighted by Crippen LogP contribution is 2.24. The van der Waals surface area contributed by atoms with Gasteiger partial charge in [0.2, 0.25) is 0 Å². The van der Waals surface area contributed by atoms with E-state index in [1.807, 2.05) is 0 Å². The number of benzene rings is 1. The molecule has 4 nitrogen and oxygen atoms in total. The van der Waals surface area contributed by atoms with Crippen LogP contribution < -0.4 is 16.2 Å². The molecule has 1 rings (SSSR count). The number of ether oxygens (including phenoxy) is 1. The Hall–Kier alpha value is -1.42. The van der Waals surface area contributed by atoms with Gasteiger partial charge in [0.15, 0.2) is 6.10 Å². The number of halogens is 1. The number of anilines is 1. The number of hydrogen-bond donors (Lipinski definition) is 2. The van der Waals surface area contributed by atoms with Crippen molar-refractivity contribution in [2.45, 2.75) is 13.0 Å². The number of primary amides is 1. The quantitative estimate of drug-likeness (QED) is 0.742. The smallest absolute Gasteiger partial charge is 0.258 e. The van der Waals surface area contributed by atoms with Gasteiger partial charge in [-0.25, -0.2) is 0 Å². The Morgan fingerprint density at radius 2 is 2.21 bits per heavy atom. The average molecular weight is 215 g/mol. The summed E-state index contributed by atoms with van der Waals surface area (Å²) in [5.74, 6) is -0.0616. The number of nitrogens with two attached hydrogens (primary N) is 2. The lowest BCUT2D eigenvalue weighted by Gasteiger charge is -2.11. The molecular weight excluding hydrogens is 204 g/mol. The molecule has 1 aromatic carbocycles. The summed E-state index contributed by atoms with van der Waals surface area (Å²) >= 11 is 5.76. The molecular formula is C9H11ClN2O2. The SMILES string of the molecule is CC(Oc1ccc(N)c(Cl)c1)C(N)=O. The number of hydrogen-bond acceptors (Lipinski definition) is 3. The van der Waals surface area contributed by atoms with Crippen LogP contribution in [0.5, 0.6) is 5.75 Å². The van der Waals surface area contributed by atoms with Gasteiger partial charge in [-0.2, -0.15) is 0 Å². The van der Waals surface area contributed by atoms with Crippen molar-refractivity contribution in [1.29, 1.82) is 0 Å². The van der Waals surface area contributed by atoms with Crippen molar-refractivity contribution in [2.24, 2.45) is 5.73 Å². The molecule has 14 heavy (non-hydrogen) atoms. The number of nitrogen functional groups attached to an aromatic ring is 1. The summed E-state index contributed by atoms with van der Waals surface area (Å²) in [6, 6.07) is 4.77. The van der Waals surface area contributed by atoms with Crippen LogP contribution in [-0.4, -0.2) is 12.0 Å². The van der Waals surface area contributed by atoms with Crippen LogP contribution in [0.2, 0.25) is 5.02 Å². The summed E-state index contributed by atoms with van der Waals surface area (Å²) in [5.41, 5.74) is 11.0. The maximum atomic E-state index is 10.7. The Morgan fingerprint density at radius 3 is 2.71 bits per heavy atom. The minimum absolute atomic E-state index is 0.388. The number of amides is 1. The Bertz CT molecular complexity index is 355. The van der Waals surface area contributed by atoms with Gasteiger partial charge in [0.1, 0.15) is 5.75 Å². The lowest BCUT2D eigenvalue weighted by Crippen LogP contribution is -2.30. The summed E-state index contributed by atoms with van der Waals surface area (Å²) < 4.78 is 5.20. The highest BCUT2D eigenvalue weighted by Gasteiger charge is 2.10.